The maximum atomic E-state index is 12.3. The van der Waals surface area contributed by atoms with Crippen LogP contribution in [0.4, 0.5) is 5.69 Å². The first-order chi connectivity index (χ1) is 10.1. The van der Waals surface area contributed by atoms with Gasteiger partial charge in [0.25, 0.3) is 0 Å². The number of anilines is 1. The minimum Gasteiger partial charge on any atom is -0.491 e. The van der Waals surface area contributed by atoms with Crippen LogP contribution < -0.4 is 15.4 Å². The lowest BCUT2D eigenvalue weighted by Gasteiger charge is -2.18. The van der Waals surface area contributed by atoms with Gasteiger partial charge in [0.1, 0.15) is 5.75 Å². The molecule has 2 N–H and O–H groups in total. The summed E-state index contributed by atoms with van der Waals surface area (Å²) in [7, 11) is 0. The number of benzene rings is 1. The summed E-state index contributed by atoms with van der Waals surface area (Å²) in [5.41, 5.74) is 0.776. The van der Waals surface area contributed by atoms with Gasteiger partial charge in [-0.15, -0.1) is 0 Å². The van der Waals surface area contributed by atoms with Crippen molar-refractivity contribution in [3.05, 3.63) is 24.3 Å². The van der Waals surface area contributed by atoms with E-state index >= 15 is 0 Å². The van der Waals surface area contributed by atoms with Crippen molar-refractivity contribution in [3.8, 4) is 5.75 Å². The number of carbonyl (C=O) groups is 1. The zero-order chi connectivity index (χ0) is 15.2. The molecule has 21 heavy (non-hydrogen) atoms. The van der Waals surface area contributed by atoms with Gasteiger partial charge < -0.3 is 20.1 Å². The van der Waals surface area contributed by atoms with Crippen LogP contribution in [0.1, 0.15) is 20.8 Å². The minimum atomic E-state index is -0.142. The Morgan fingerprint density at radius 2 is 2.05 bits per heavy atom. The molecule has 0 saturated carbocycles. The van der Waals surface area contributed by atoms with E-state index in [4.69, 9.17) is 9.47 Å². The van der Waals surface area contributed by atoms with Crippen molar-refractivity contribution >= 4 is 11.6 Å². The normalized spacial score (nSPS) is 21.5. The number of amides is 1. The highest BCUT2D eigenvalue weighted by Crippen LogP contribution is 2.20. The van der Waals surface area contributed by atoms with Gasteiger partial charge in [-0.05, 0) is 44.7 Å². The Labute approximate surface area is 126 Å². The number of rotatable bonds is 6. The van der Waals surface area contributed by atoms with Crippen molar-refractivity contribution in [1.82, 2.24) is 5.32 Å². The quantitative estimate of drug-likeness (QED) is 0.842. The van der Waals surface area contributed by atoms with Crippen LogP contribution in [0.2, 0.25) is 0 Å². The Hall–Kier alpha value is -1.59. The van der Waals surface area contributed by atoms with Crippen LogP contribution in [0.5, 0.6) is 5.75 Å². The molecular weight excluding hydrogens is 268 g/mol. The van der Waals surface area contributed by atoms with Crippen LogP contribution in [-0.2, 0) is 9.53 Å². The van der Waals surface area contributed by atoms with Crippen molar-refractivity contribution in [2.24, 2.45) is 5.92 Å². The van der Waals surface area contributed by atoms with Gasteiger partial charge in [-0.2, -0.15) is 0 Å². The van der Waals surface area contributed by atoms with Gasteiger partial charge in [0.2, 0.25) is 5.91 Å². The molecule has 1 aromatic carbocycles. The van der Waals surface area contributed by atoms with Gasteiger partial charge in [-0.1, -0.05) is 6.92 Å². The average Bonchev–Trinajstić information content (AvgIpc) is 2.89. The average molecular weight is 292 g/mol. The molecule has 1 aliphatic rings. The second-order valence-corrected chi connectivity index (χ2v) is 5.49. The van der Waals surface area contributed by atoms with Crippen LogP contribution in [-0.4, -0.2) is 37.8 Å². The predicted octanol–water partition coefficient (Wildman–Crippen LogP) is 2.04. The fourth-order valence-electron chi connectivity index (χ4n) is 2.40. The Bertz CT molecular complexity index is 459. The van der Waals surface area contributed by atoms with E-state index in [1.165, 1.54) is 0 Å². The molecule has 0 bridgehead atoms. The Morgan fingerprint density at radius 1 is 1.33 bits per heavy atom. The summed E-state index contributed by atoms with van der Waals surface area (Å²) in [5, 5.41) is 6.22. The maximum Gasteiger partial charge on any atom is 0.231 e. The second-order valence-electron chi connectivity index (χ2n) is 5.49. The van der Waals surface area contributed by atoms with Crippen LogP contribution in [0.25, 0.3) is 0 Å². The molecule has 1 amide bonds. The van der Waals surface area contributed by atoms with E-state index in [1.54, 1.807) is 0 Å². The molecule has 1 aliphatic heterocycles. The zero-order valence-electron chi connectivity index (χ0n) is 12.9. The monoisotopic (exact) mass is 292 g/mol. The van der Waals surface area contributed by atoms with Crippen molar-refractivity contribution in [3.63, 3.8) is 0 Å². The third-order valence-corrected chi connectivity index (χ3v) is 3.38. The van der Waals surface area contributed by atoms with E-state index in [9.17, 15) is 4.79 Å². The lowest BCUT2D eigenvalue weighted by molar-refractivity contribution is -0.120. The van der Waals surface area contributed by atoms with E-state index in [0.717, 1.165) is 18.0 Å². The van der Waals surface area contributed by atoms with Crippen LogP contribution in [0.3, 0.4) is 0 Å². The molecule has 2 atom stereocenters. The lowest BCUT2D eigenvalue weighted by atomic mass is 10.0. The standard InChI is InChI=1S/C16H24N2O3/c1-4-17-15-10-20-9-14(15)16(19)18-12-5-7-13(8-6-12)21-11(2)3/h5-8,11,14-15,17H,4,9-10H2,1-3H3,(H,18,19). The largest absolute Gasteiger partial charge is 0.491 e. The van der Waals surface area contributed by atoms with E-state index in [0.29, 0.717) is 13.2 Å². The van der Waals surface area contributed by atoms with Gasteiger partial charge in [0.05, 0.1) is 25.2 Å². The number of likely N-dealkylation sites (N-methyl/N-ethyl adjacent to an activating group) is 1. The smallest absolute Gasteiger partial charge is 0.231 e. The minimum absolute atomic E-state index is 0.00372. The summed E-state index contributed by atoms with van der Waals surface area (Å²) in [6.07, 6.45) is 0.141. The maximum absolute atomic E-state index is 12.3. The summed E-state index contributed by atoms with van der Waals surface area (Å²) >= 11 is 0. The number of ether oxygens (including phenoxy) is 2. The Morgan fingerprint density at radius 3 is 2.67 bits per heavy atom. The number of nitrogens with one attached hydrogen (secondary N) is 2. The highest BCUT2D eigenvalue weighted by Gasteiger charge is 2.33. The van der Waals surface area contributed by atoms with Gasteiger partial charge in [-0.3, -0.25) is 4.79 Å². The summed E-state index contributed by atoms with van der Waals surface area (Å²) in [6.45, 7) is 7.89. The van der Waals surface area contributed by atoms with Gasteiger partial charge in [-0.25, -0.2) is 0 Å². The predicted molar refractivity (Wildman–Crippen MR) is 82.6 cm³/mol. The molecule has 116 valence electrons. The molecule has 2 unspecified atom stereocenters. The Kier molecular flexibility index (Phi) is 5.59. The molecule has 1 heterocycles. The lowest BCUT2D eigenvalue weighted by Crippen LogP contribution is -2.41. The fraction of sp³-hybridized carbons (Fsp3) is 0.562. The molecule has 5 heteroatoms. The summed E-state index contributed by atoms with van der Waals surface area (Å²) in [5.74, 6) is 0.658. The molecule has 1 aromatic rings. The molecule has 5 nitrogen and oxygen atoms in total. The summed E-state index contributed by atoms with van der Waals surface area (Å²) in [6, 6.07) is 7.53. The van der Waals surface area contributed by atoms with Gasteiger partial charge in [0, 0.05) is 11.7 Å². The molecule has 0 spiro atoms. The third-order valence-electron chi connectivity index (χ3n) is 3.38. The van der Waals surface area contributed by atoms with Gasteiger partial charge in [0.15, 0.2) is 0 Å². The topological polar surface area (TPSA) is 59.6 Å². The van der Waals surface area contributed by atoms with Crippen molar-refractivity contribution in [2.75, 3.05) is 25.1 Å². The molecule has 1 fully saturated rings. The molecule has 2 rings (SSSR count). The molecular formula is C16H24N2O3. The Balaban J connectivity index is 1.93. The number of hydrogen-bond acceptors (Lipinski definition) is 4. The van der Waals surface area contributed by atoms with Gasteiger partial charge >= 0.3 is 0 Å². The number of carbonyl (C=O) groups excluding carboxylic acids is 1. The van der Waals surface area contributed by atoms with E-state index in [1.807, 2.05) is 45.0 Å². The van der Waals surface area contributed by atoms with E-state index in [2.05, 4.69) is 10.6 Å². The van der Waals surface area contributed by atoms with Crippen molar-refractivity contribution in [1.29, 1.82) is 0 Å². The first kappa shape index (κ1) is 15.8. The highest BCUT2D eigenvalue weighted by atomic mass is 16.5. The molecule has 0 aromatic heterocycles. The first-order valence-corrected chi connectivity index (χ1v) is 7.49. The molecule has 0 aliphatic carbocycles. The van der Waals surface area contributed by atoms with Crippen molar-refractivity contribution in [2.45, 2.75) is 32.9 Å². The second kappa shape index (κ2) is 7.43. The first-order valence-electron chi connectivity index (χ1n) is 7.49. The van der Waals surface area contributed by atoms with Crippen LogP contribution in [0, 0.1) is 5.92 Å². The summed E-state index contributed by atoms with van der Waals surface area (Å²) < 4.78 is 11.0. The SMILES string of the molecule is CCNC1COCC1C(=O)Nc1ccc(OC(C)C)cc1. The van der Waals surface area contributed by atoms with E-state index in [-0.39, 0.29) is 24.0 Å². The number of hydrogen-bond donors (Lipinski definition) is 2. The molecule has 0 radical (unpaired) electrons. The summed E-state index contributed by atoms with van der Waals surface area (Å²) in [4.78, 5) is 12.3. The fourth-order valence-corrected chi connectivity index (χ4v) is 2.40. The zero-order valence-corrected chi connectivity index (χ0v) is 12.9. The third kappa shape index (κ3) is 4.44. The molecule has 1 saturated heterocycles. The van der Waals surface area contributed by atoms with E-state index < -0.39 is 0 Å². The van der Waals surface area contributed by atoms with Crippen LogP contribution in [0.15, 0.2) is 24.3 Å². The van der Waals surface area contributed by atoms with Crippen LogP contribution >= 0.6 is 0 Å². The highest BCUT2D eigenvalue weighted by molar-refractivity contribution is 5.93. The van der Waals surface area contributed by atoms with Crippen molar-refractivity contribution < 1.29 is 14.3 Å².